The number of carbonyl (C=O) groups is 1. The minimum Gasteiger partial charge on any atom is -0.390 e. The van der Waals surface area contributed by atoms with Crippen LogP contribution in [0, 0.1) is 17.8 Å². The van der Waals surface area contributed by atoms with Crippen molar-refractivity contribution in [3.8, 4) is 0 Å². The van der Waals surface area contributed by atoms with E-state index in [0.717, 1.165) is 44.8 Å². The second-order valence-corrected chi connectivity index (χ2v) is 11.3. The molecule has 6 rings (SSSR count). The number of aliphatic hydroxyl groups is 1. The highest BCUT2D eigenvalue weighted by Gasteiger charge is 2.55. The highest BCUT2D eigenvalue weighted by Crippen LogP contribution is 2.55. The number of carbonyl (C=O) groups excluding carboxylic acids is 1. The first-order chi connectivity index (χ1) is 13.7. The van der Waals surface area contributed by atoms with Gasteiger partial charge in [0.25, 0.3) is 5.91 Å². The fourth-order valence-electron chi connectivity index (χ4n) is 6.22. The number of hydrogen-bond donors (Lipinski definition) is 2. The van der Waals surface area contributed by atoms with Gasteiger partial charge in [-0.3, -0.25) is 4.79 Å². The first-order valence-corrected chi connectivity index (χ1v) is 12.3. The molecule has 5 aliphatic rings. The number of rotatable bonds is 4. The monoisotopic (exact) mass is 421 g/mol. The van der Waals surface area contributed by atoms with Gasteiger partial charge in [-0.25, -0.2) is 18.4 Å². The third kappa shape index (κ3) is 3.47. The Hall–Kier alpha value is -1.58. The van der Waals surface area contributed by atoms with Crippen molar-refractivity contribution in [2.45, 2.75) is 67.8 Å². The molecule has 1 saturated heterocycles. The van der Waals surface area contributed by atoms with Crippen molar-refractivity contribution in [3.63, 3.8) is 0 Å². The van der Waals surface area contributed by atoms with Crippen molar-refractivity contribution in [2.75, 3.05) is 12.9 Å². The van der Waals surface area contributed by atoms with Crippen molar-refractivity contribution in [1.82, 2.24) is 15.3 Å². The van der Waals surface area contributed by atoms with Crippen LogP contribution in [0.15, 0.2) is 11.4 Å². The molecule has 1 amide bonds. The van der Waals surface area contributed by atoms with Crippen molar-refractivity contribution in [2.24, 2.45) is 17.8 Å². The minimum atomic E-state index is -3.58. The minimum absolute atomic E-state index is 0.0336. The molecule has 29 heavy (non-hydrogen) atoms. The van der Waals surface area contributed by atoms with E-state index < -0.39 is 21.5 Å². The van der Waals surface area contributed by atoms with Gasteiger partial charge in [-0.2, -0.15) is 0 Å². The Kier molecular flexibility index (Phi) is 4.49. The summed E-state index contributed by atoms with van der Waals surface area (Å²) in [6.45, 7) is 0.566. The van der Waals surface area contributed by atoms with Crippen molar-refractivity contribution in [1.29, 1.82) is 0 Å². The Morgan fingerprint density at radius 2 is 2.00 bits per heavy atom. The molecule has 1 aromatic rings. The van der Waals surface area contributed by atoms with Gasteiger partial charge in [-0.15, -0.1) is 0 Å². The van der Waals surface area contributed by atoms with Crippen molar-refractivity contribution >= 4 is 15.7 Å². The molecule has 1 aliphatic heterocycles. The summed E-state index contributed by atoms with van der Waals surface area (Å²) >= 11 is 0. The zero-order chi connectivity index (χ0) is 20.4. The highest BCUT2D eigenvalue weighted by atomic mass is 32.2. The third-order valence-corrected chi connectivity index (χ3v) is 8.01. The first-order valence-electron chi connectivity index (χ1n) is 10.4. The van der Waals surface area contributed by atoms with E-state index in [1.165, 1.54) is 6.20 Å². The summed E-state index contributed by atoms with van der Waals surface area (Å²) in [7, 11) is -3.58. The van der Waals surface area contributed by atoms with Crippen LogP contribution in [0.2, 0.25) is 0 Å². The molecule has 1 aromatic heterocycles. The summed E-state index contributed by atoms with van der Waals surface area (Å²) in [5, 5.41) is 13.7. The van der Waals surface area contributed by atoms with Crippen LogP contribution in [-0.4, -0.2) is 53.9 Å². The Labute approximate surface area is 170 Å². The maximum atomic E-state index is 13.2. The summed E-state index contributed by atoms with van der Waals surface area (Å²) in [6.07, 6.45) is 8.00. The van der Waals surface area contributed by atoms with Crippen LogP contribution in [0.4, 0.5) is 0 Å². The fraction of sp³-hybridized carbons (Fsp3) is 0.750. The molecule has 5 fully saturated rings. The molecule has 9 heteroatoms. The topological polar surface area (TPSA) is 118 Å². The molecular formula is C20H27N3O5S. The van der Waals surface area contributed by atoms with Crippen LogP contribution in [0.3, 0.4) is 0 Å². The molecule has 2 N–H and O–H groups in total. The van der Waals surface area contributed by atoms with E-state index in [9.17, 15) is 18.3 Å². The summed E-state index contributed by atoms with van der Waals surface area (Å²) < 4.78 is 29.5. The molecule has 2 unspecified atom stereocenters. The average Bonchev–Trinajstić information content (AvgIpc) is 3.16. The van der Waals surface area contributed by atoms with Gasteiger partial charge in [0.05, 0.1) is 16.9 Å². The van der Waals surface area contributed by atoms with E-state index in [0.29, 0.717) is 24.6 Å². The van der Waals surface area contributed by atoms with E-state index in [1.807, 2.05) is 0 Å². The van der Waals surface area contributed by atoms with Crippen molar-refractivity contribution in [3.05, 3.63) is 17.5 Å². The number of nitrogens with zero attached hydrogens (tertiary/aromatic N) is 2. The lowest BCUT2D eigenvalue weighted by Gasteiger charge is -2.58. The Bertz CT molecular complexity index is 927. The Balaban J connectivity index is 1.42. The normalized spacial score (nSPS) is 38.3. The molecule has 0 spiro atoms. The van der Waals surface area contributed by atoms with Crippen LogP contribution in [0.5, 0.6) is 0 Å². The second-order valence-electron chi connectivity index (χ2n) is 9.42. The SMILES string of the molecule is CS(=O)(=O)c1ncc(C(=O)NC2C3CC4CC2CC(O)(C4)C3)c([C@@H]2CCCO2)n1. The predicted octanol–water partition coefficient (Wildman–Crippen LogP) is 1.40. The molecule has 4 aliphatic carbocycles. The van der Waals surface area contributed by atoms with Crippen LogP contribution < -0.4 is 5.32 Å². The summed E-state index contributed by atoms with van der Waals surface area (Å²) in [5.74, 6) is 0.862. The summed E-state index contributed by atoms with van der Waals surface area (Å²) in [5.41, 5.74) is 0.0931. The first kappa shape index (κ1) is 19.4. The molecule has 8 nitrogen and oxygen atoms in total. The fourth-order valence-corrected chi connectivity index (χ4v) is 6.72. The van der Waals surface area contributed by atoms with Crippen LogP contribution in [0.1, 0.15) is 67.1 Å². The number of aromatic nitrogens is 2. The maximum Gasteiger partial charge on any atom is 0.255 e. The molecule has 0 aromatic carbocycles. The second kappa shape index (κ2) is 6.72. The summed E-state index contributed by atoms with van der Waals surface area (Å²) in [6, 6.07) is 0.0336. The van der Waals surface area contributed by atoms with Crippen LogP contribution in [-0.2, 0) is 14.6 Å². The van der Waals surface area contributed by atoms with E-state index in [1.54, 1.807) is 0 Å². The number of hydrogen-bond acceptors (Lipinski definition) is 7. The van der Waals surface area contributed by atoms with Gasteiger partial charge in [0.2, 0.25) is 15.0 Å². The van der Waals surface area contributed by atoms with Gasteiger partial charge in [0, 0.05) is 25.1 Å². The quantitative estimate of drug-likeness (QED) is 0.706. The third-order valence-electron chi connectivity index (χ3n) is 7.15. The van der Waals surface area contributed by atoms with E-state index >= 15 is 0 Å². The molecule has 0 radical (unpaired) electrons. The number of nitrogens with one attached hydrogen (secondary N) is 1. The summed E-state index contributed by atoms with van der Waals surface area (Å²) in [4.78, 5) is 21.4. The zero-order valence-electron chi connectivity index (χ0n) is 16.5. The van der Waals surface area contributed by atoms with Gasteiger partial charge >= 0.3 is 0 Å². The van der Waals surface area contributed by atoms with Crippen LogP contribution >= 0.6 is 0 Å². The van der Waals surface area contributed by atoms with Gasteiger partial charge in [-0.05, 0) is 62.7 Å². The molecule has 4 saturated carbocycles. The highest BCUT2D eigenvalue weighted by molar-refractivity contribution is 7.90. The molecular weight excluding hydrogens is 394 g/mol. The molecule has 4 bridgehead atoms. The Morgan fingerprint density at radius 3 is 2.59 bits per heavy atom. The molecule has 2 heterocycles. The van der Waals surface area contributed by atoms with E-state index in [-0.39, 0.29) is 34.5 Å². The standard InChI is InChI=1S/C20H27N3O5S/c1-29(26,27)19-21-10-14(17(23-19)15-3-2-4-28-15)18(24)22-16-12-5-11-6-13(16)9-20(25,7-11)8-12/h10-13,15-16,25H,2-9H2,1H3,(H,22,24)/t11?,12?,13?,15-,16?,20?/m0/s1. The van der Waals surface area contributed by atoms with Gasteiger partial charge in [-0.1, -0.05) is 0 Å². The lowest BCUT2D eigenvalue weighted by atomic mass is 9.52. The van der Waals surface area contributed by atoms with E-state index in [4.69, 9.17) is 4.74 Å². The lowest BCUT2D eigenvalue weighted by Crippen LogP contribution is -2.61. The predicted molar refractivity (Wildman–Crippen MR) is 103 cm³/mol. The average molecular weight is 422 g/mol. The maximum absolute atomic E-state index is 13.2. The van der Waals surface area contributed by atoms with Gasteiger partial charge < -0.3 is 15.2 Å². The van der Waals surface area contributed by atoms with Gasteiger partial charge in [0.1, 0.15) is 6.10 Å². The zero-order valence-corrected chi connectivity index (χ0v) is 17.3. The smallest absolute Gasteiger partial charge is 0.255 e. The number of sulfone groups is 1. The van der Waals surface area contributed by atoms with Crippen molar-refractivity contribution < 1.29 is 23.1 Å². The molecule has 158 valence electrons. The number of ether oxygens (including phenoxy) is 1. The van der Waals surface area contributed by atoms with Gasteiger partial charge in [0.15, 0.2) is 0 Å². The number of amides is 1. The van der Waals surface area contributed by atoms with Crippen LogP contribution in [0.25, 0.3) is 0 Å². The Morgan fingerprint density at radius 1 is 1.28 bits per heavy atom. The largest absolute Gasteiger partial charge is 0.390 e. The molecule has 3 atom stereocenters. The lowest BCUT2D eigenvalue weighted by molar-refractivity contribution is -0.136. The van der Waals surface area contributed by atoms with E-state index in [2.05, 4.69) is 15.3 Å².